The molecular weight excluding hydrogens is 198 g/mol. The van der Waals surface area contributed by atoms with Crippen molar-refractivity contribution in [1.82, 2.24) is 0 Å². The Morgan fingerprint density at radius 3 is 2.88 bits per heavy atom. The molecule has 1 heterocycles. The van der Waals surface area contributed by atoms with Gasteiger partial charge < -0.3 is 10.0 Å². The fourth-order valence-electron chi connectivity index (χ4n) is 2.90. The Balaban J connectivity index is 1.81. The highest BCUT2D eigenvalue weighted by Crippen LogP contribution is 2.34. The van der Waals surface area contributed by atoms with Gasteiger partial charge in [-0.05, 0) is 42.4 Å². The molecule has 2 aliphatic rings. The van der Waals surface area contributed by atoms with Gasteiger partial charge in [0.15, 0.2) is 0 Å². The monoisotopic (exact) mass is 217 g/mol. The molecule has 2 heteroatoms. The molecule has 1 aliphatic heterocycles. The Hall–Kier alpha value is -1.02. The Morgan fingerprint density at radius 1 is 1.31 bits per heavy atom. The number of fused-ring (bicyclic) bond motifs is 1. The number of aliphatic hydroxyl groups excluding tert-OH is 1. The fraction of sp³-hybridized carbons (Fsp3) is 0.571. The van der Waals surface area contributed by atoms with E-state index in [4.69, 9.17) is 0 Å². The van der Waals surface area contributed by atoms with Crippen LogP contribution in [0.2, 0.25) is 0 Å². The highest BCUT2D eigenvalue weighted by Gasteiger charge is 2.26. The van der Waals surface area contributed by atoms with Crippen LogP contribution in [0.5, 0.6) is 0 Å². The summed E-state index contributed by atoms with van der Waals surface area (Å²) in [6.07, 6.45) is 5.35. The van der Waals surface area contributed by atoms with Gasteiger partial charge in [-0.2, -0.15) is 0 Å². The lowest BCUT2D eigenvalue weighted by molar-refractivity contribution is 0.281. The van der Waals surface area contributed by atoms with Gasteiger partial charge in [-0.1, -0.05) is 18.6 Å². The first-order valence-corrected chi connectivity index (χ1v) is 6.35. The number of aliphatic hydroxyl groups is 1. The number of hydrogen-bond donors (Lipinski definition) is 1. The van der Waals surface area contributed by atoms with Crippen molar-refractivity contribution in [1.29, 1.82) is 0 Å². The van der Waals surface area contributed by atoms with Gasteiger partial charge in [0.2, 0.25) is 0 Å². The van der Waals surface area contributed by atoms with Crippen molar-refractivity contribution in [2.45, 2.75) is 32.3 Å². The van der Waals surface area contributed by atoms with E-state index in [1.807, 2.05) is 6.07 Å². The van der Waals surface area contributed by atoms with Gasteiger partial charge in [0.05, 0.1) is 6.61 Å². The zero-order valence-electron chi connectivity index (χ0n) is 9.65. The van der Waals surface area contributed by atoms with Crippen LogP contribution in [0.15, 0.2) is 18.2 Å². The Morgan fingerprint density at radius 2 is 2.19 bits per heavy atom. The van der Waals surface area contributed by atoms with Crippen molar-refractivity contribution in [2.75, 3.05) is 18.0 Å². The minimum Gasteiger partial charge on any atom is -0.392 e. The zero-order valence-corrected chi connectivity index (χ0v) is 9.65. The van der Waals surface area contributed by atoms with Crippen LogP contribution in [0.25, 0.3) is 0 Å². The SMILES string of the molecule is OCc1cccc2c1CCN2CC1CCC1. The molecule has 1 aromatic rings. The van der Waals surface area contributed by atoms with Crippen LogP contribution in [-0.4, -0.2) is 18.2 Å². The van der Waals surface area contributed by atoms with Crippen molar-refractivity contribution >= 4 is 5.69 Å². The molecule has 16 heavy (non-hydrogen) atoms. The summed E-state index contributed by atoms with van der Waals surface area (Å²) in [5, 5.41) is 9.31. The molecule has 1 aliphatic carbocycles. The molecular formula is C14H19NO. The molecule has 3 rings (SSSR count). The van der Waals surface area contributed by atoms with E-state index in [9.17, 15) is 5.11 Å². The summed E-state index contributed by atoms with van der Waals surface area (Å²) in [7, 11) is 0. The first-order chi connectivity index (χ1) is 7.88. The van der Waals surface area contributed by atoms with E-state index in [0.717, 1.165) is 24.4 Å². The normalized spacial score (nSPS) is 19.7. The first-order valence-electron chi connectivity index (χ1n) is 6.35. The number of anilines is 1. The van der Waals surface area contributed by atoms with Gasteiger partial charge >= 0.3 is 0 Å². The van der Waals surface area contributed by atoms with Crippen LogP contribution in [0.3, 0.4) is 0 Å². The Bertz CT molecular complexity index is 384. The van der Waals surface area contributed by atoms with Crippen molar-refractivity contribution in [3.63, 3.8) is 0 Å². The third-order valence-electron chi connectivity index (χ3n) is 4.09. The van der Waals surface area contributed by atoms with Crippen molar-refractivity contribution in [2.24, 2.45) is 5.92 Å². The third-order valence-corrected chi connectivity index (χ3v) is 4.09. The number of hydrogen-bond acceptors (Lipinski definition) is 2. The molecule has 86 valence electrons. The van der Waals surface area contributed by atoms with Crippen LogP contribution in [0.1, 0.15) is 30.4 Å². The predicted octanol–water partition coefficient (Wildman–Crippen LogP) is 2.34. The van der Waals surface area contributed by atoms with E-state index < -0.39 is 0 Å². The summed E-state index contributed by atoms with van der Waals surface area (Å²) in [5.41, 5.74) is 3.87. The van der Waals surface area contributed by atoms with Crippen molar-refractivity contribution in [3.05, 3.63) is 29.3 Å². The summed E-state index contributed by atoms with van der Waals surface area (Å²) in [6, 6.07) is 6.33. The van der Waals surface area contributed by atoms with E-state index >= 15 is 0 Å². The first kappa shape index (κ1) is 10.2. The minimum atomic E-state index is 0.181. The maximum absolute atomic E-state index is 9.31. The second-order valence-corrected chi connectivity index (χ2v) is 5.07. The van der Waals surface area contributed by atoms with Gasteiger partial charge in [0, 0.05) is 18.8 Å². The van der Waals surface area contributed by atoms with Crippen LogP contribution in [0, 0.1) is 5.92 Å². The standard InChI is InChI=1S/C14H19NO/c16-10-12-5-2-6-14-13(12)7-8-15(14)9-11-3-1-4-11/h2,5-6,11,16H,1,3-4,7-10H2. The molecule has 0 amide bonds. The summed E-state index contributed by atoms with van der Waals surface area (Å²) in [6.45, 7) is 2.55. The average molecular weight is 217 g/mol. The molecule has 0 atom stereocenters. The van der Waals surface area contributed by atoms with Gasteiger partial charge in [0.1, 0.15) is 0 Å². The van der Waals surface area contributed by atoms with E-state index in [-0.39, 0.29) is 6.61 Å². The predicted molar refractivity (Wildman–Crippen MR) is 65.6 cm³/mol. The van der Waals surface area contributed by atoms with Gasteiger partial charge in [-0.15, -0.1) is 0 Å². The molecule has 0 spiro atoms. The molecule has 0 bridgehead atoms. The molecule has 1 saturated carbocycles. The molecule has 1 fully saturated rings. The number of nitrogens with zero attached hydrogens (tertiary/aromatic N) is 1. The lowest BCUT2D eigenvalue weighted by atomic mass is 9.85. The topological polar surface area (TPSA) is 23.5 Å². The van der Waals surface area contributed by atoms with Crippen molar-refractivity contribution < 1.29 is 5.11 Å². The highest BCUT2D eigenvalue weighted by atomic mass is 16.3. The van der Waals surface area contributed by atoms with Gasteiger partial charge in [-0.25, -0.2) is 0 Å². The summed E-state index contributed by atoms with van der Waals surface area (Å²) >= 11 is 0. The van der Waals surface area contributed by atoms with E-state index in [2.05, 4.69) is 17.0 Å². The molecule has 1 N–H and O–H groups in total. The largest absolute Gasteiger partial charge is 0.392 e. The summed E-state index contributed by atoms with van der Waals surface area (Å²) in [5.74, 6) is 0.920. The van der Waals surface area contributed by atoms with Crippen LogP contribution < -0.4 is 4.90 Å². The molecule has 2 nitrogen and oxygen atoms in total. The number of benzene rings is 1. The summed E-state index contributed by atoms with van der Waals surface area (Å²) < 4.78 is 0. The molecule has 0 saturated heterocycles. The maximum atomic E-state index is 9.31. The lowest BCUT2D eigenvalue weighted by Crippen LogP contribution is -2.31. The van der Waals surface area contributed by atoms with E-state index in [0.29, 0.717) is 0 Å². The van der Waals surface area contributed by atoms with Crippen molar-refractivity contribution in [3.8, 4) is 0 Å². The molecule has 1 aromatic carbocycles. The fourth-order valence-corrected chi connectivity index (χ4v) is 2.90. The van der Waals surface area contributed by atoms with E-state index in [1.165, 1.54) is 37.1 Å². The van der Waals surface area contributed by atoms with Crippen LogP contribution >= 0.6 is 0 Å². The Kier molecular flexibility index (Phi) is 2.60. The van der Waals surface area contributed by atoms with Gasteiger partial charge in [-0.3, -0.25) is 0 Å². The second-order valence-electron chi connectivity index (χ2n) is 5.07. The Labute approximate surface area is 96.9 Å². The highest BCUT2D eigenvalue weighted by molar-refractivity contribution is 5.60. The quantitative estimate of drug-likeness (QED) is 0.840. The zero-order chi connectivity index (χ0) is 11.0. The smallest absolute Gasteiger partial charge is 0.0685 e. The van der Waals surface area contributed by atoms with E-state index in [1.54, 1.807) is 0 Å². The minimum absolute atomic E-state index is 0.181. The third kappa shape index (κ3) is 1.61. The molecule has 0 aromatic heterocycles. The van der Waals surface area contributed by atoms with Gasteiger partial charge in [0.25, 0.3) is 0 Å². The van der Waals surface area contributed by atoms with Crippen LogP contribution in [0.4, 0.5) is 5.69 Å². The lowest BCUT2D eigenvalue weighted by Gasteiger charge is -2.31. The van der Waals surface area contributed by atoms with Crippen LogP contribution in [-0.2, 0) is 13.0 Å². The maximum Gasteiger partial charge on any atom is 0.0685 e. The average Bonchev–Trinajstić information content (AvgIpc) is 2.66. The second kappa shape index (κ2) is 4.10. The summed E-state index contributed by atoms with van der Waals surface area (Å²) in [4.78, 5) is 2.51. The molecule has 0 unspecified atom stereocenters. The number of rotatable bonds is 3. The molecule has 0 radical (unpaired) electrons.